The second-order valence-corrected chi connectivity index (χ2v) is 5.31. The van der Waals surface area contributed by atoms with Crippen molar-refractivity contribution < 1.29 is 9.53 Å². The number of pyridine rings is 1. The maximum atomic E-state index is 12.1. The van der Waals surface area contributed by atoms with Gasteiger partial charge in [0.1, 0.15) is 0 Å². The first-order valence-electron chi connectivity index (χ1n) is 6.16. The van der Waals surface area contributed by atoms with E-state index in [4.69, 9.17) is 4.74 Å². The number of rotatable bonds is 3. The Morgan fingerprint density at radius 3 is 2.85 bits per heavy atom. The molecule has 1 aromatic heterocycles. The lowest BCUT2D eigenvalue weighted by molar-refractivity contribution is -0.147. The third kappa shape index (κ3) is 2.27. The first-order chi connectivity index (χ1) is 9.54. The van der Waals surface area contributed by atoms with Crippen molar-refractivity contribution in [1.29, 1.82) is 5.26 Å². The molecule has 0 N–H and O–H groups in total. The molecule has 0 aliphatic carbocycles. The second kappa shape index (κ2) is 5.59. The van der Waals surface area contributed by atoms with Gasteiger partial charge in [0.25, 0.3) is 0 Å². The van der Waals surface area contributed by atoms with Crippen molar-refractivity contribution >= 4 is 32.7 Å². The third-order valence-corrected chi connectivity index (χ3v) is 3.83. The molecule has 0 saturated heterocycles. The Kier molecular flexibility index (Phi) is 4.05. The Balaban J connectivity index is 2.71. The number of halogens is 1. The lowest BCUT2D eigenvalue weighted by Gasteiger charge is -2.20. The lowest BCUT2D eigenvalue weighted by Crippen LogP contribution is -2.34. The molecule has 0 aliphatic rings. The van der Waals surface area contributed by atoms with Crippen LogP contribution in [0.15, 0.2) is 34.9 Å². The molecule has 1 unspecified atom stereocenters. The maximum Gasteiger partial charge on any atom is 0.332 e. The van der Waals surface area contributed by atoms with Gasteiger partial charge in [-0.25, -0.2) is 4.79 Å². The molecule has 1 heterocycles. The van der Waals surface area contributed by atoms with Gasteiger partial charge in [-0.1, -0.05) is 28.1 Å². The zero-order chi connectivity index (χ0) is 14.8. The van der Waals surface area contributed by atoms with E-state index in [-0.39, 0.29) is 6.61 Å². The SMILES string of the molecule is CCOC(=O)C(C)(C#N)c1nccc2c(Br)cccc12. The average Bonchev–Trinajstić information content (AvgIpc) is 2.46. The number of nitriles is 1. The fourth-order valence-electron chi connectivity index (χ4n) is 2.04. The molecule has 0 spiro atoms. The van der Waals surface area contributed by atoms with E-state index in [1.54, 1.807) is 13.1 Å². The van der Waals surface area contributed by atoms with Crippen LogP contribution in [0.5, 0.6) is 0 Å². The first-order valence-corrected chi connectivity index (χ1v) is 6.96. The van der Waals surface area contributed by atoms with Gasteiger partial charge in [-0.2, -0.15) is 5.26 Å². The van der Waals surface area contributed by atoms with Crippen molar-refractivity contribution in [3.8, 4) is 6.07 Å². The number of esters is 1. The highest BCUT2D eigenvalue weighted by molar-refractivity contribution is 9.10. The van der Waals surface area contributed by atoms with E-state index >= 15 is 0 Å². The van der Waals surface area contributed by atoms with Gasteiger partial charge in [0.15, 0.2) is 5.41 Å². The van der Waals surface area contributed by atoms with Gasteiger partial charge in [-0.05, 0) is 31.4 Å². The van der Waals surface area contributed by atoms with Crippen LogP contribution in [0.2, 0.25) is 0 Å². The molecule has 1 aromatic carbocycles. The molecule has 5 heteroatoms. The van der Waals surface area contributed by atoms with Crippen LogP contribution in [0.3, 0.4) is 0 Å². The van der Waals surface area contributed by atoms with E-state index in [0.717, 1.165) is 15.2 Å². The first kappa shape index (κ1) is 14.5. The number of hydrogen-bond acceptors (Lipinski definition) is 4. The number of fused-ring (bicyclic) bond motifs is 1. The Morgan fingerprint density at radius 1 is 1.45 bits per heavy atom. The molecular formula is C15H13BrN2O2. The van der Waals surface area contributed by atoms with Crippen LogP contribution in [0.1, 0.15) is 19.5 Å². The summed E-state index contributed by atoms with van der Waals surface area (Å²) in [4.78, 5) is 16.4. The topological polar surface area (TPSA) is 63.0 Å². The minimum Gasteiger partial charge on any atom is -0.465 e. The predicted molar refractivity (Wildman–Crippen MR) is 79.0 cm³/mol. The summed E-state index contributed by atoms with van der Waals surface area (Å²) < 4.78 is 5.91. The third-order valence-electron chi connectivity index (χ3n) is 3.13. The Bertz CT molecular complexity index is 709. The van der Waals surface area contributed by atoms with Crippen molar-refractivity contribution in [3.63, 3.8) is 0 Å². The van der Waals surface area contributed by atoms with Crippen molar-refractivity contribution in [2.75, 3.05) is 6.61 Å². The molecule has 20 heavy (non-hydrogen) atoms. The zero-order valence-corrected chi connectivity index (χ0v) is 12.8. The number of carbonyl (C=O) groups is 1. The summed E-state index contributed by atoms with van der Waals surface area (Å²) in [7, 11) is 0. The molecule has 1 atom stereocenters. The molecule has 0 aliphatic heterocycles. The molecule has 4 nitrogen and oxygen atoms in total. The Hall–Kier alpha value is -1.93. The number of benzene rings is 1. The lowest BCUT2D eigenvalue weighted by atomic mass is 9.85. The van der Waals surface area contributed by atoms with Gasteiger partial charge in [0.2, 0.25) is 0 Å². The average molecular weight is 333 g/mol. The molecule has 0 bridgehead atoms. The minimum atomic E-state index is -1.42. The van der Waals surface area contributed by atoms with E-state index in [1.807, 2.05) is 30.3 Å². The van der Waals surface area contributed by atoms with E-state index in [0.29, 0.717) is 5.69 Å². The summed E-state index contributed by atoms with van der Waals surface area (Å²) in [6, 6.07) is 9.47. The summed E-state index contributed by atoms with van der Waals surface area (Å²) in [6.07, 6.45) is 1.59. The highest BCUT2D eigenvalue weighted by Gasteiger charge is 2.40. The van der Waals surface area contributed by atoms with Crippen molar-refractivity contribution in [2.45, 2.75) is 19.3 Å². The van der Waals surface area contributed by atoms with Crippen LogP contribution in [0.25, 0.3) is 10.8 Å². The fourth-order valence-corrected chi connectivity index (χ4v) is 2.54. The standard InChI is InChI=1S/C15H13BrN2O2/c1-3-20-14(19)15(2,9-17)13-11-5-4-6-12(16)10(11)7-8-18-13/h4-8H,3H2,1-2H3. The number of aromatic nitrogens is 1. The van der Waals surface area contributed by atoms with Crippen LogP contribution in [0.4, 0.5) is 0 Å². The van der Waals surface area contributed by atoms with Crippen LogP contribution in [-0.4, -0.2) is 17.6 Å². The van der Waals surface area contributed by atoms with Gasteiger partial charge < -0.3 is 4.74 Å². The summed E-state index contributed by atoms with van der Waals surface area (Å²) in [5.41, 5.74) is -1.01. The largest absolute Gasteiger partial charge is 0.465 e. The molecule has 0 amide bonds. The Morgan fingerprint density at radius 2 is 2.20 bits per heavy atom. The van der Waals surface area contributed by atoms with E-state index in [2.05, 4.69) is 20.9 Å². The normalized spacial score (nSPS) is 13.5. The molecule has 0 fully saturated rings. The van der Waals surface area contributed by atoms with Gasteiger partial charge in [-0.15, -0.1) is 0 Å². The van der Waals surface area contributed by atoms with Gasteiger partial charge >= 0.3 is 5.97 Å². The summed E-state index contributed by atoms with van der Waals surface area (Å²) in [5.74, 6) is -0.581. The summed E-state index contributed by atoms with van der Waals surface area (Å²) in [5, 5.41) is 11.1. The number of ether oxygens (including phenoxy) is 1. The molecular weight excluding hydrogens is 320 g/mol. The second-order valence-electron chi connectivity index (χ2n) is 4.45. The van der Waals surface area contributed by atoms with E-state index in [9.17, 15) is 10.1 Å². The van der Waals surface area contributed by atoms with E-state index in [1.165, 1.54) is 6.92 Å². The van der Waals surface area contributed by atoms with Crippen LogP contribution >= 0.6 is 15.9 Å². The van der Waals surface area contributed by atoms with Crippen molar-refractivity contribution in [3.05, 3.63) is 40.6 Å². The molecule has 102 valence electrons. The number of nitrogens with zero attached hydrogens (tertiary/aromatic N) is 2. The van der Waals surface area contributed by atoms with Crippen LogP contribution < -0.4 is 0 Å². The molecule has 0 radical (unpaired) electrons. The maximum absolute atomic E-state index is 12.1. The van der Waals surface area contributed by atoms with Gasteiger partial charge in [-0.3, -0.25) is 4.98 Å². The highest BCUT2D eigenvalue weighted by atomic mass is 79.9. The highest BCUT2D eigenvalue weighted by Crippen LogP contribution is 2.32. The quantitative estimate of drug-likeness (QED) is 0.808. The van der Waals surface area contributed by atoms with Gasteiger partial charge in [0, 0.05) is 16.1 Å². The number of carbonyl (C=O) groups excluding carboxylic acids is 1. The molecule has 2 rings (SSSR count). The monoisotopic (exact) mass is 332 g/mol. The van der Waals surface area contributed by atoms with Crippen molar-refractivity contribution in [1.82, 2.24) is 4.98 Å². The smallest absolute Gasteiger partial charge is 0.332 e. The van der Waals surface area contributed by atoms with E-state index < -0.39 is 11.4 Å². The minimum absolute atomic E-state index is 0.227. The molecule has 0 saturated carbocycles. The van der Waals surface area contributed by atoms with Crippen LogP contribution in [0, 0.1) is 11.3 Å². The summed E-state index contributed by atoms with van der Waals surface area (Å²) >= 11 is 3.46. The number of hydrogen-bond donors (Lipinski definition) is 0. The summed E-state index contributed by atoms with van der Waals surface area (Å²) in [6.45, 7) is 3.47. The predicted octanol–water partition coefficient (Wildman–Crippen LogP) is 3.34. The molecule has 2 aromatic rings. The van der Waals surface area contributed by atoms with Gasteiger partial charge in [0.05, 0.1) is 18.4 Å². The fraction of sp³-hybridized carbons (Fsp3) is 0.267. The van der Waals surface area contributed by atoms with Crippen molar-refractivity contribution in [2.24, 2.45) is 0 Å². The van der Waals surface area contributed by atoms with Crippen LogP contribution in [-0.2, 0) is 14.9 Å². The zero-order valence-electron chi connectivity index (χ0n) is 11.2. The Labute approximate surface area is 125 Å².